The second-order valence-corrected chi connectivity index (χ2v) is 2.91. The first kappa shape index (κ1) is 13.2. The Balaban J connectivity index is 4.63. The highest BCUT2D eigenvalue weighted by atomic mass is 15.6. The van der Waals surface area contributed by atoms with E-state index < -0.39 is 0 Å². The van der Waals surface area contributed by atoms with Gasteiger partial charge in [0.05, 0.1) is 0 Å². The van der Waals surface area contributed by atoms with Gasteiger partial charge in [0.2, 0.25) is 5.96 Å². The van der Waals surface area contributed by atoms with Gasteiger partial charge in [-0.3, -0.25) is 10.0 Å². The summed E-state index contributed by atoms with van der Waals surface area (Å²) in [6.45, 7) is 12.2. The van der Waals surface area contributed by atoms with Crippen molar-refractivity contribution in [1.29, 1.82) is 0 Å². The SMILES string of the molecule is CCN=C(N(CC)CC)N(CC)NC. The lowest BCUT2D eigenvalue weighted by Gasteiger charge is -2.31. The summed E-state index contributed by atoms with van der Waals surface area (Å²) in [5, 5.41) is 2.07. The van der Waals surface area contributed by atoms with Crippen LogP contribution < -0.4 is 5.43 Å². The summed E-state index contributed by atoms with van der Waals surface area (Å²) in [5.41, 5.74) is 3.15. The smallest absolute Gasteiger partial charge is 0.211 e. The number of nitrogens with one attached hydrogen (secondary N) is 1. The van der Waals surface area contributed by atoms with E-state index in [1.54, 1.807) is 0 Å². The number of hydrogen-bond donors (Lipinski definition) is 1. The predicted octanol–water partition coefficient (Wildman–Crippen LogP) is 1.16. The van der Waals surface area contributed by atoms with Crippen LogP contribution in [0.25, 0.3) is 0 Å². The van der Waals surface area contributed by atoms with Crippen LogP contribution >= 0.6 is 0 Å². The summed E-state index contributed by atoms with van der Waals surface area (Å²) < 4.78 is 0. The summed E-state index contributed by atoms with van der Waals surface area (Å²) in [6.07, 6.45) is 0. The second-order valence-electron chi connectivity index (χ2n) is 2.91. The van der Waals surface area contributed by atoms with Gasteiger partial charge in [0.15, 0.2) is 0 Å². The van der Waals surface area contributed by atoms with Crippen molar-refractivity contribution in [2.45, 2.75) is 27.7 Å². The zero-order valence-corrected chi connectivity index (χ0v) is 10.2. The van der Waals surface area contributed by atoms with Crippen LogP contribution in [0.3, 0.4) is 0 Å². The van der Waals surface area contributed by atoms with Gasteiger partial charge in [0.1, 0.15) is 0 Å². The van der Waals surface area contributed by atoms with Crippen molar-refractivity contribution in [1.82, 2.24) is 15.3 Å². The lowest BCUT2D eigenvalue weighted by molar-refractivity contribution is 0.288. The molecule has 4 nitrogen and oxygen atoms in total. The molecular formula is C10H24N4. The fraction of sp³-hybridized carbons (Fsp3) is 0.900. The topological polar surface area (TPSA) is 30.9 Å². The van der Waals surface area contributed by atoms with Crippen molar-refractivity contribution in [3.8, 4) is 0 Å². The van der Waals surface area contributed by atoms with E-state index in [1.807, 2.05) is 7.05 Å². The molecule has 0 aromatic heterocycles. The molecule has 0 aliphatic carbocycles. The largest absolute Gasteiger partial charge is 0.342 e. The van der Waals surface area contributed by atoms with Gasteiger partial charge in [0.25, 0.3) is 0 Å². The Morgan fingerprint density at radius 2 is 1.64 bits per heavy atom. The van der Waals surface area contributed by atoms with E-state index in [9.17, 15) is 0 Å². The number of hydrazine groups is 1. The molecule has 0 unspecified atom stereocenters. The zero-order chi connectivity index (χ0) is 11.0. The molecule has 0 aliphatic heterocycles. The van der Waals surface area contributed by atoms with Crippen LogP contribution in [0, 0.1) is 0 Å². The van der Waals surface area contributed by atoms with E-state index in [1.165, 1.54) is 0 Å². The molecule has 0 radical (unpaired) electrons. The number of aliphatic imine (C=N–C) groups is 1. The average Bonchev–Trinajstić information content (AvgIpc) is 2.21. The van der Waals surface area contributed by atoms with Crippen LogP contribution in [0.5, 0.6) is 0 Å². The molecule has 4 heteroatoms. The van der Waals surface area contributed by atoms with Gasteiger partial charge in [-0.1, -0.05) is 0 Å². The minimum atomic E-state index is 0.823. The van der Waals surface area contributed by atoms with Gasteiger partial charge >= 0.3 is 0 Å². The van der Waals surface area contributed by atoms with Crippen LogP contribution in [0.2, 0.25) is 0 Å². The van der Waals surface area contributed by atoms with E-state index in [-0.39, 0.29) is 0 Å². The lowest BCUT2D eigenvalue weighted by atomic mass is 10.5. The van der Waals surface area contributed by atoms with Gasteiger partial charge in [-0.25, -0.2) is 5.43 Å². The molecule has 0 heterocycles. The van der Waals surface area contributed by atoms with Gasteiger partial charge in [-0.15, -0.1) is 0 Å². The third kappa shape index (κ3) is 3.54. The van der Waals surface area contributed by atoms with Crippen LogP contribution in [0.1, 0.15) is 27.7 Å². The molecule has 0 fully saturated rings. The van der Waals surface area contributed by atoms with Crippen LogP contribution in [0.4, 0.5) is 0 Å². The first-order valence-corrected chi connectivity index (χ1v) is 5.49. The molecule has 0 aliphatic rings. The monoisotopic (exact) mass is 200 g/mol. The van der Waals surface area contributed by atoms with Gasteiger partial charge in [0, 0.05) is 33.2 Å². The highest BCUT2D eigenvalue weighted by Gasteiger charge is 2.12. The van der Waals surface area contributed by atoms with E-state index in [0.717, 1.165) is 32.1 Å². The van der Waals surface area contributed by atoms with Crippen LogP contribution in [-0.4, -0.2) is 49.1 Å². The summed E-state index contributed by atoms with van der Waals surface area (Å²) >= 11 is 0. The van der Waals surface area contributed by atoms with Crippen molar-refractivity contribution in [3.63, 3.8) is 0 Å². The molecule has 0 aromatic carbocycles. The summed E-state index contributed by atoms with van der Waals surface area (Å²) in [6, 6.07) is 0. The average molecular weight is 200 g/mol. The molecule has 0 saturated heterocycles. The van der Waals surface area contributed by atoms with Crippen LogP contribution in [-0.2, 0) is 0 Å². The standard InChI is InChI=1S/C10H24N4/c1-6-12-10(13(7-2)8-3)14(9-4)11-5/h11H,6-9H2,1-5H3. The van der Waals surface area contributed by atoms with Crippen molar-refractivity contribution < 1.29 is 0 Å². The fourth-order valence-corrected chi connectivity index (χ4v) is 1.40. The van der Waals surface area contributed by atoms with E-state index in [2.05, 4.69) is 48.0 Å². The maximum atomic E-state index is 4.51. The summed E-state index contributed by atoms with van der Waals surface area (Å²) in [4.78, 5) is 6.77. The van der Waals surface area contributed by atoms with Gasteiger partial charge in [-0.05, 0) is 27.7 Å². The second kappa shape index (κ2) is 7.62. The Kier molecular flexibility index (Phi) is 7.20. The zero-order valence-electron chi connectivity index (χ0n) is 10.2. The summed E-state index contributed by atoms with van der Waals surface area (Å²) in [7, 11) is 1.93. The number of guanidine groups is 1. The maximum absolute atomic E-state index is 4.51. The van der Waals surface area contributed by atoms with Crippen molar-refractivity contribution >= 4 is 5.96 Å². The number of rotatable bonds is 5. The number of hydrogen-bond acceptors (Lipinski definition) is 2. The normalized spacial score (nSPS) is 11.6. The van der Waals surface area contributed by atoms with Crippen molar-refractivity contribution in [2.75, 3.05) is 33.2 Å². The van der Waals surface area contributed by atoms with Crippen molar-refractivity contribution in [2.24, 2.45) is 4.99 Å². The predicted molar refractivity (Wildman–Crippen MR) is 62.3 cm³/mol. The Morgan fingerprint density at radius 3 is 1.93 bits per heavy atom. The highest BCUT2D eigenvalue weighted by Crippen LogP contribution is 1.97. The Hall–Kier alpha value is -0.770. The maximum Gasteiger partial charge on any atom is 0.211 e. The Morgan fingerprint density at radius 1 is 1.07 bits per heavy atom. The molecular weight excluding hydrogens is 176 g/mol. The van der Waals surface area contributed by atoms with E-state index in [0.29, 0.717) is 0 Å². The van der Waals surface area contributed by atoms with E-state index >= 15 is 0 Å². The highest BCUT2D eigenvalue weighted by molar-refractivity contribution is 5.79. The molecule has 0 rings (SSSR count). The molecule has 14 heavy (non-hydrogen) atoms. The molecule has 0 aromatic rings. The van der Waals surface area contributed by atoms with Gasteiger partial charge in [-0.2, -0.15) is 0 Å². The summed E-state index contributed by atoms with van der Waals surface area (Å²) in [5.74, 6) is 1.04. The van der Waals surface area contributed by atoms with Gasteiger partial charge < -0.3 is 4.90 Å². The molecule has 0 amide bonds. The molecule has 1 N–H and O–H groups in total. The van der Waals surface area contributed by atoms with Crippen LogP contribution in [0.15, 0.2) is 4.99 Å². The number of nitrogens with zero attached hydrogens (tertiary/aromatic N) is 3. The Bertz CT molecular complexity index is 146. The molecule has 0 bridgehead atoms. The third-order valence-corrected chi connectivity index (χ3v) is 2.17. The fourth-order valence-electron chi connectivity index (χ4n) is 1.40. The Labute approximate surface area is 88.0 Å². The first-order chi connectivity index (χ1) is 6.74. The van der Waals surface area contributed by atoms with E-state index in [4.69, 9.17) is 0 Å². The quantitative estimate of drug-likeness (QED) is 0.410. The first-order valence-electron chi connectivity index (χ1n) is 5.49. The molecule has 84 valence electrons. The molecule has 0 saturated carbocycles. The third-order valence-electron chi connectivity index (χ3n) is 2.17. The molecule has 0 atom stereocenters. The minimum Gasteiger partial charge on any atom is -0.342 e. The van der Waals surface area contributed by atoms with Crippen molar-refractivity contribution in [3.05, 3.63) is 0 Å². The lowest BCUT2D eigenvalue weighted by Crippen LogP contribution is -2.49. The minimum absolute atomic E-state index is 0.823. The molecule has 0 spiro atoms.